The Balaban J connectivity index is 0.000000451. The van der Waals surface area contributed by atoms with Crippen molar-refractivity contribution in [2.45, 2.75) is 17.7 Å². The number of amides is 1. The van der Waals surface area contributed by atoms with Crippen LogP contribution in [0.4, 0.5) is 5.69 Å². The lowest BCUT2D eigenvalue weighted by atomic mass is 10.1. The molecule has 32 heavy (non-hydrogen) atoms. The van der Waals surface area contributed by atoms with Crippen molar-refractivity contribution in [3.8, 4) is 11.5 Å². The van der Waals surface area contributed by atoms with Gasteiger partial charge in [-0.05, 0) is 37.1 Å². The Morgan fingerprint density at radius 3 is 2.16 bits per heavy atom. The number of anilines is 1. The molecule has 0 unspecified atom stereocenters. The number of hydrogen-bond donors (Lipinski definition) is 3. The molecule has 2 aromatic rings. The summed E-state index contributed by atoms with van der Waals surface area (Å²) in [7, 11) is -0.985. The highest BCUT2D eigenvalue weighted by atomic mass is 32.2. The Labute approximate surface area is 186 Å². The molecule has 1 aliphatic heterocycles. The van der Waals surface area contributed by atoms with E-state index < -0.39 is 22.6 Å². The van der Waals surface area contributed by atoms with Crippen LogP contribution in [0.1, 0.15) is 23.2 Å². The number of primary sulfonamides is 1. The van der Waals surface area contributed by atoms with Crippen LogP contribution in [0.3, 0.4) is 0 Å². The molecule has 0 radical (unpaired) electrons. The molecule has 0 saturated carbocycles. The van der Waals surface area contributed by atoms with Crippen LogP contribution in [0.15, 0.2) is 47.4 Å². The summed E-state index contributed by atoms with van der Waals surface area (Å²) in [5.74, 6) is -0.992. The number of hydrogen-bond acceptors (Lipinski definition) is 7. The predicted octanol–water partition coefficient (Wildman–Crippen LogP) is 1.49. The Kier molecular flexibility index (Phi) is 8.58. The molecular weight excluding hydrogens is 438 g/mol. The number of carboxylic acids is 1. The largest absolute Gasteiger partial charge is 0.478 e. The van der Waals surface area contributed by atoms with Crippen LogP contribution in [0, 0.1) is 0 Å². The number of para-hydroxylation sites is 1. The molecule has 4 N–H and O–H groups in total. The van der Waals surface area contributed by atoms with Crippen molar-refractivity contribution in [1.82, 2.24) is 4.90 Å². The van der Waals surface area contributed by atoms with Crippen molar-refractivity contribution in [2.24, 2.45) is 5.14 Å². The highest BCUT2D eigenvalue weighted by molar-refractivity contribution is 7.89. The summed E-state index contributed by atoms with van der Waals surface area (Å²) in [4.78, 5) is 24.5. The topological polar surface area (TPSA) is 150 Å². The second-order valence-corrected chi connectivity index (χ2v) is 8.76. The van der Waals surface area contributed by atoms with E-state index in [2.05, 4.69) is 0 Å². The molecule has 0 aromatic heterocycles. The molecule has 10 nitrogen and oxygen atoms in total. The van der Waals surface area contributed by atoms with E-state index in [0.717, 1.165) is 18.9 Å². The molecule has 0 bridgehead atoms. The minimum Gasteiger partial charge on any atom is -0.478 e. The molecule has 174 valence electrons. The molecule has 1 saturated heterocycles. The Bertz CT molecular complexity index is 1050. The smallest absolute Gasteiger partial charge is 0.335 e. The van der Waals surface area contributed by atoms with E-state index in [9.17, 15) is 23.1 Å². The van der Waals surface area contributed by atoms with Gasteiger partial charge in [0.25, 0.3) is 0 Å². The fourth-order valence-corrected chi connectivity index (χ4v) is 3.66. The number of aliphatic hydroxyl groups is 1. The highest BCUT2D eigenvalue weighted by Gasteiger charge is 2.27. The number of nitrogens with two attached hydrogens (primary N) is 1. The van der Waals surface area contributed by atoms with Gasteiger partial charge in [0, 0.05) is 27.2 Å². The summed E-state index contributed by atoms with van der Waals surface area (Å²) >= 11 is 0. The number of carbonyl (C=O) groups is 2. The second-order valence-electron chi connectivity index (χ2n) is 7.23. The summed E-state index contributed by atoms with van der Waals surface area (Å²) in [6.07, 6.45) is 1.87. The van der Waals surface area contributed by atoms with Crippen LogP contribution in [0.5, 0.6) is 11.5 Å². The monoisotopic (exact) mass is 465 g/mol. The van der Waals surface area contributed by atoms with E-state index in [4.69, 9.17) is 15.0 Å². The molecule has 1 fully saturated rings. The first-order valence-corrected chi connectivity index (χ1v) is 11.3. The van der Waals surface area contributed by atoms with Gasteiger partial charge in [-0.3, -0.25) is 4.79 Å². The first kappa shape index (κ1) is 25.1. The van der Waals surface area contributed by atoms with Crippen molar-refractivity contribution >= 4 is 27.6 Å². The zero-order valence-electron chi connectivity index (χ0n) is 17.9. The molecule has 11 heteroatoms. The lowest BCUT2D eigenvalue weighted by Crippen LogP contribution is -2.24. The molecule has 1 amide bonds. The SMILES string of the molecule is CN(C)C(=O)CO.NS(=O)(=O)c1cc(C(=O)O)cc(N2CCCC2)c1Oc1ccccc1. The maximum absolute atomic E-state index is 12.1. The number of ether oxygens (including phenoxy) is 1. The van der Waals surface area contributed by atoms with Crippen LogP contribution >= 0.6 is 0 Å². The maximum Gasteiger partial charge on any atom is 0.335 e. The molecule has 0 spiro atoms. The number of benzene rings is 2. The van der Waals surface area contributed by atoms with Gasteiger partial charge < -0.3 is 24.7 Å². The second kappa shape index (κ2) is 10.9. The van der Waals surface area contributed by atoms with Crippen molar-refractivity contribution in [3.05, 3.63) is 48.0 Å². The van der Waals surface area contributed by atoms with Crippen molar-refractivity contribution in [2.75, 3.05) is 38.7 Å². The standard InChI is InChI=1S/C17H18N2O5S.C4H9NO2/c18-25(22,23)15-11-12(17(20)21)10-14(19-8-4-5-9-19)16(15)24-13-6-2-1-3-7-13;1-5(2)4(7)3-6/h1-3,6-7,10-11H,4-5,8-9H2,(H,20,21)(H2,18,22,23);6H,3H2,1-2H3. The fourth-order valence-electron chi connectivity index (χ4n) is 2.97. The third-order valence-electron chi connectivity index (χ3n) is 4.63. The van der Waals surface area contributed by atoms with Crippen LogP contribution in [-0.2, 0) is 14.8 Å². The number of sulfonamides is 1. The quantitative estimate of drug-likeness (QED) is 0.581. The van der Waals surface area contributed by atoms with Gasteiger partial charge in [-0.25, -0.2) is 18.4 Å². The minimum absolute atomic E-state index is 0.0561. The van der Waals surface area contributed by atoms with Gasteiger partial charge in [0.05, 0.1) is 11.3 Å². The van der Waals surface area contributed by atoms with Crippen LogP contribution in [-0.4, -0.2) is 69.2 Å². The third kappa shape index (κ3) is 6.67. The van der Waals surface area contributed by atoms with E-state index in [0.29, 0.717) is 24.5 Å². The predicted molar refractivity (Wildman–Crippen MR) is 119 cm³/mol. The number of carbonyl (C=O) groups excluding carboxylic acids is 1. The number of aliphatic hydroxyl groups excluding tert-OH is 1. The van der Waals surface area contributed by atoms with Gasteiger partial charge in [-0.2, -0.15) is 0 Å². The van der Waals surface area contributed by atoms with Crippen molar-refractivity contribution in [3.63, 3.8) is 0 Å². The Morgan fingerprint density at radius 2 is 1.72 bits per heavy atom. The van der Waals surface area contributed by atoms with Crippen molar-refractivity contribution < 1.29 is 33.0 Å². The molecule has 3 rings (SSSR count). The summed E-state index contributed by atoms with van der Waals surface area (Å²) < 4.78 is 30.0. The van der Waals surface area contributed by atoms with Gasteiger partial charge in [0.15, 0.2) is 5.75 Å². The maximum atomic E-state index is 12.1. The van der Waals surface area contributed by atoms with Gasteiger partial charge in [-0.15, -0.1) is 0 Å². The first-order chi connectivity index (χ1) is 15.0. The Hall–Kier alpha value is -3.15. The van der Waals surface area contributed by atoms with E-state index >= 15 is 0 Å². The van der Waals surface area contributed by atoms with E-state index in [1.807, 2.05) is 11.0 Å². The summed E-state index contributed by atoms with van der Waals surface area (Å²) in [6, 6.07) is 11.2. The zero-order valence-corrected chi connectivity index (χ0v) is 18.7. The first-order valence-electron chi connectivity index (χ1n) is 9.77. The van der Waals surface area contributed by atoms with Crippen molar-refractivity contribution in [1.29, 1.82) is 0 Å². The molecule has 0 atom stereocenters. The lowest BCUT2D eigenvalue weighted by Gasteiger charge is -2.23. The zero-order chi connectivity index (χ0) is 23.9. The van der Waals surface area contributed by atoms with Gasteiger partial charge in [-0.1, -0.05) is 18.2 Å². The van der Waals surface area contributed by atoms with E-state index in [1.54, 1.807) is 38.4 Å². The highest BCUT2D eigenvalue weighted by Crippen LogP contribution is 2.40. The summed E-state index contributed by atoms with van der Waals surface area (Å²) in [6.45, 7) is 0.990. The molecule has 0 aliphatic carbocycles. The lowest BCUT2D eigenvalue weighted by molar-refractivity contribution is -0.131. The average Bonchev–Trinajstić information content (AvgIpc) is 3.28. The fraction of sp³-hybridized carbons (Fsp3) is 0.333. The van der Waals surface area contributed by atoms with Crippen LogP contribution < -0.4 is 14.8 Å². The molecule has 1 aliphatic rings. The molecular formula is C21H27N3O7S. The van der Waals surface area contributed by atoms with Gasteiger partial charge >= 0.3 is 5.97 Å². The average molecular weight is 466 g/mol. The third-order valence-corrected chi connectivity index (χ3v) is 5.55. The van der Waals surface area contributed by atoms with E-state index in [1.165, 1.54) is 11.0 Å². The van der Waals surface area contributed by atoms with E-state index in [-0.39, 0.29) is 22.1 Å². The molecule has 2 aromatic carbocycles. The number of likely N-dealkylation sites (N-methyl/N-ethyl adjacent to an activating group) is 1. The minimum atomic E-state index is -4.18. The number of aromatic carboxylic acids is 1. The number of carboxylic acid groups (broad SMARTS) is 1. The van der Waals surface area contributed by atoms with Gasteiger partial charge in [0.2, 0.25) is 15.9 Å². The normalized spacial score (nSPS) is 13.2. The van der Waals surface area contributed by atoms with Gasteiger partial charge in [0.1, 0.15) is 17.3 Å². The number of rotatable bonds is 6. The Morgan fingerprint density at radius 1 is 1.12 bits per heavy atom. The summed E-state index contributed by atoms with van der Waals surface area (Å²) in [5.41, 5.74) is 0.275. The number of nitrogens with zero attached hydrogens (tertiary/aromatic N) is 2. The molecule has 1 heterocycles. The summed E-state index contributed by atoms with van der Waals surface area (Å²) in [5, 5.41) is 22.8. The van der Waals surface area contributed by atoms with Crippen LogP contribution in [0.2, 0.25) is 0 Å². The van der Waals surface area contributed by atoms with Crippen LogP contribution in [0.25, 0.3) is 0 Å².